The number of hydrogen-bond acceptors (Lipinski definition) is 6. The summed E-state index contributed by atoms with van der Waals surface area (Å²) in [6, 6.07) is 1.98. The van der Waals surface area contributed by atoms with Crippen molar-refractivity contribution in [1.29, 1.82) is 0 Å². The molecular weight excluding hydrogens is 406 g/mol. The molecule has 2 aromatic rings. The molecule has 0 spiro atoms. The van der Waals surface area contributed by atoms with Crippen LogP contribution < -0.4 is 0 Å². The Kier molecular flexibility index (Phi) is 6.71. The summed E-state index contributed by atoms with van der Waals surface area (Å²) in [6.45, 7) is 8.11. The van der Waals surface area contributed by atoms with E-state index in [0.29, 0.717) is 26.1 Å². The van der Waals surface area contributed by atoms with Gasteiger partial charge in [-0.3, -0.25) is 9.69 Å². The van der Waals surface area contributed by atoms with Crippen LogP contribution in [0.15, 0.2) is 12.3 Å². The molecule has 174 valence electrons. The van der Waals surface area contributed by atoms with E-state index >= 15 is 0 Å². The van der Waals surface area contributed by atoms with Gasteiger partial charge < -0.3 is 14.4 Å². The Balaban J connectivity index is 1.30. The number of ether oxygens (including phenoxy) is 2. The van der Waals surface area contributed by atoms with Crippen molar-refractivity contribution in [1.82, 2.24) is 24.4 Å². The standard InChI is InChI=1S/C24H35N5O3/c1-18-20(16-27-10-13-31-14-11-27)24-25-9-8-21(29(24)26-18)22-17-28(12-15-32-22)23(30)7-6-19-4-2-3-5-19/h8-9,19,22H,2-7,10-17H2,1H3/t22-/m0/s1. The second-order valence-corrected chi connectivity index (χ2v) is 9.45. The maximum Gasteiger partial charge on any atom is 0.222 e. The van der Waals surface area contributed by atoms with E-state index in [2.05, 4.69) is 16.8 Å². The van der Waals surface area contributed by atoms with Gasteiger partial charge in [-0.2, -0.15) is 5.10 Å². The predicted octanol–water partition coefficient (Wildman–Crippen LogP) is 2.74. The van der Waals surface area contributed by atoms with Gasteiger partial charge in [0.25, 0.3) is 0 Å². The van der Waals surface area contributed by atoms with Crippen molar-refractivity contribution in [2.75, 3.05) is 46.0 Å². The largest absolute Gasteiger partial charge is 0.379 e. The highest BCUT2D eigenvalue weighted by Gasteiger charge is 2.29. The average molecular weight is 442 g/mol. The minimum absolute atomic E-state index is 0.180. The van der Waals surface area contributed by atoms with Gasteiger partial charge in [0.05, 0.1) is 37.8 Å². The molecule has 0 bridgehead atoms. The summed E-state index contributed by atoms with van der Waals surface area (Å²) in [7, 11) is 0. The molecule has 4 heterocycles. The maximum atomic E-state index is 12.9. The molecule has 1 saturated carbocycles. The molecule has 0 N–H and O–H groups in total. The molecule has 3 aliphatic rings. The van der Waals surface area contributed by atoms with E-state index in [1.165, 1.54) is 25.7 Å². The van der Waals surface area contributed by atoms with Crippen LogP contribution in [0.3, 0.4) is 0 Å². The van der Waals surface area contributed by atoms with Gasteiger partial charge in [-0.15, -0.1) is 0 Å². The molecule has 1 atom stereocenters. The molecule has 2 aliphatic heterocycles. The van der Waals surface area contributed by atoms with Crippen molar-refractivity contribution in [2.24, 2.45) is 5.92 Å². The van der Waals surface area contributed by atoms with E-state index in [1.807, 2.05) is 21.7 Å². The lowest BCUT2D eigenvalue weighted by atomic mass is 10.0. The lowest BCUT2D eigenvalue weighted by Gasteiger charge is -2.33. The SMILES string of the molecule is Cc1nn2c([C@@H]3CN(C(=O)CCC4CCCC4)CCO3)ccnc2c1CN1CCOCC1. The zero-order chi connectivity index (χ0) is 21.9. The monoisotopic (exact) mass is 441 g/mol. The number of amides is 1. The molecular formula is C24H35N5O3. The van der Waals surface area contributed by atoms with E-state index < -0.39 is 0 Å². The highest BCUT2D eigenvalue weighted by atomic mass is 16.5. The Morgan fingerprint density at radius 1 is 1.16 bits per heavy atom. The summed E-state index contributed by atoms with van der Waals surface area (Å²) in [5.41, 5.74) is 4.02. The second kappa shape index (κ2) is 9.85. The lowest BCUT2D eigenvalue weighted by molar-refractivity contribution is -0.139. The normalized spacial score (nSPS) is 23.3. The first kappa shape index (κ1) is 21.8. The number of aromatic nitrogens is 3. The quantitative estimate of drug-likeness (QED) is 0.686. The molecule has 2 saturated heterocycles. The van der Waals surface area contributed by atoms with Crippen molar-refractivity contribution in [3.05, 3.63) is 29.2 Å². The molecule has 0 radical (unpaired) electrons. The van der Waals surface area contributed by atoms with Gasteiger partial charge >= 0.3 is 0 Å². The molecule has 32 heavy (non-hydrogen) atoms. The van der Waals surface area contributed by atoms with Gasteiger partial charge in [-0.25, -0.2) is 9.50 Å². The molecule has 8 nitrogen and oxygen atoms in total. The molecule has 1 aliphatic carbocycles. The molecule has 0 unspecified atom stereocenters. The Morgan fingerprint density at radius 2 is 1.97 bits per heavy atom. The average Bonchev–Trinajstić information content (AvgIpc) is 3.46. The Hall–Kier alpha value is -2.03. The summed E-state index contributed by atoms with van der Waals surface area (Å²) in [5.74, 6) is 1.01. The third kappa shape index (κ3) is 4.67. The van der Waals surface area contributed by atoms with E-state index in [9.17, 15) is 4.79 Å². The van der Waals surface area contributed by atoms with Crippen LogP contribution in [0.5, 0.6) is 0 Å². The topological polar surface area (TPSA) is 72.2 Å². The minimum Gasteiger partial charge on any atom is -0.379 e. The molecule has 0 aromatic carbocycles. The number of fused-ring (bicyclic) bond motifs is 1. The predicted molar refractivity (Wildman–Crippen MR) is 120 cm³/mol. The fourth-order valence-electron chi connectivity index (χ4n) is 5.37. The number of hydrogen-bond donors (Lipinski definition) is 0. The van der Waals surface area contributed by atoms with Gasteiger partial charge in [0.1, 0.15) is 6.10 Å². The molecule has 1 amide bonds. The van der Waals surface area contributed by atoms with Crippen LogP contribution in [0.4, 0.5) is 0 Å². The highest BCUT2D eigenvalue weighted by Crippen LogP contribution is 2.30. The van der Waals surface area contributed by atoms with Crippen LogP contribution in [0.2, 0.25) is 0 Å². The van der Waals surface area contributed by atoms with Gasteiger partial charge in [-0.1, -0.05) is 25.7 Å². The second-order valence-electron chi connectivity index (χ2n) is 9.45. The van der Waals surface area contributed by atoms with Crippen LogP contribution in [0.1, 0.15) is 61.6 Å². The van der Waals surface area contributed by atoms with Crippen molar-refractivity contribution in [2.45, 2.75) is 58.1 Å². The van der Waals surface area contributed by atoms with Gasteiger partial charge in [-0.05, 0) is 25.3 Å². The number of carbonyl (C=O) groups excluding carboxylic acids is 1. The van der Waals surface area contributed by atoms with Gasteiger partial charge in [0, 0.05) is 44.4 Å². The van der Waals surface area contributed by atoms with Crippen LogP contribution in [0.25, 0.3) is 5.65 Å². The summed E-state index contributed by atoms with van der Waals surface area (Å²) < 4.78 is 13.5. The Bertz CT molecular complexity index is 933. The number of aryl methyl sites for hydroxylation is 1. The first-order chi connectivity index (χ1) is 15.7. The smallest absolute Gasteiger partial charge is 0.222 e. The van der Waals surface area contributed by atoms with Gasteiger partial charge in [0.15, 0.2) is 5.65 Å². The van der Waals surface area contributed by atoms with Crippen molar-refractivity contribution < 1.29 is 14.3 Å². The maximum absolute atomic E-state index is 12.9. The minimum atomic E-state index is -0.180. The first-order valence-electron chi connectivity index (χ1n) is 12.2. The zero-order valence-electron chi connectivity index (χ0n) is 19.2. The van der Waals surface area contributed by atoms with E-state index in [4.69, 9.17) is 14.6 Å². The van der Waals surface area contributed by atoms with Crippen LogP contribution >= 0.6 is 0 Å². The van der Waals surface area contributed by atoms with Crippen molar-refractivity contribution in [3.63, 3.8) is 0 Å². The van der Waals surface area contributed by atoms with E-state index in [0.717, 1.165) is 67.8 Å². The fraction of sp³-hybridized carbons (Fsp3) is 0.708. The third-order valence-electron chi connectivity index (χ3n) is 7.32. The zero-order valence-corrected chi connectivity index (χ0v) is 19.2. The Morgan fingerprint density at radius 3 is 2.78 bits per heavy atom. The first-order valence-corrected chi connectivity index (χ1v) is 12.2. The van der Waals surface area contributed by atoms with Gasteiger partial charge in [0.2, 0.25) is 5.91 Å². The summed E-state index contributed by atoms with van der Waals surface area (Å²) in [6.07, 6.45) is 8.59. The van der Waals surface area contributed by atoms with E-state index in [-0.39, 0.29) is 12.0 Å². The van der Waals surface area contributed by atoms with Crippen LogP contribution in [-0.2, 0) is 20.8 Å². The summed E-state index contributed by atoms with van der Waals surface area (Å²) in [4.78, 5) is 21.9. The highest BCUT2D eigenvalue weighted by molar-refractivity contribution is 5.76. The summed E-state index contributed by atoms with van der Waals surface area (Å²) >= 11 is 0. The number of morpholine rings is 2. The molecule has 8 heteroatoms. The molecule has 3 fully saturated rings. The van der Waals surface area contributed by atoms with Crippen molar-refractivity contribution >= 4 is 11.6 Å². The number of carbonyl (C=O) groups is 1. The number of nitrogens with zero attached hydrogens (tertiary/aromatic N) is 5. The Labute approximate surface area is 189 Å². The van der Waals surface area contributed by atoms with Crippen LogP contribution in [-0.4, -0.2) is 76.3 Å². The molecule has 2 aromatic heterocycles. The van der Waals surface area contributed by atoms with E-state index in [1.54, 1.807) is 0 Å². The third-order valence-corrected chi connectivity index (χ3v) is 7.32. The lowest BCUT2D eigenvalue weighted by Crippen LogP contribution is -2.42. The van der Waals surface area contributed by atoms with Crippen LogP contribution in [0, 0.1) is 12.8 Å². The van der Waals surface area contributed by atoms with Crippen molar-refractivity contribution in [3.8, 4) is 0 Å². The summed E-state index contributed by atoms with van der Waals surface area (Å²) in [5, 5.41) is 4.83. The fourth-order valence-corrected chi connectivity index (χ4v) is 5.37. The number of rotatable bonds is 6. The molecule has 5 rings (SSSR count).